The first kappa shape index (κ1) is 18.3. The third-order valence-electron chi connectivity index (χ3n) is 4.76. The first-order valence-corrected chi connectivity index (χ1v) is 10.2. The van der Waals surface area contributed by atoms with Gasteiger partial charge in [-0.25, -0.2) is 9.97 Å². The van der Waals surface area contributed by atoms with Crippen molar-refractivity contribution in [1.29, 1.82) is 0 Å². The van der Waals surface area contributed by atoms with Crippen molar-refractivity contribution < 1.29 is 0 Å². The number of aryl methyl sites for hydroxylation is 1. The molecule has 0 unspecified atom stereocenters. The Bertz CT molecular complexity index is 935. The summed E-state index contributed by atoms with van der Waals surface area (Å²) < 4.78 is 0. The lowest BCUT2D eigenvalue weighted by molar-refractivity contribution is 0.263. The van der Waals surface area contributed by atoms with Gasteiger partial charge in [-0.3, -0.25) is 0 Å². The van der Waals surface area contributed by atoms with Crippen LogP contribution in [-0.4, -0.2) is 51.2 Å². The highest BCUT2D eigenvalue weighted by Gasteiger charge is 2.18. The number of halogens is 1. The van der Waals surface area contributed by atoms with Crippen molar-refractivity contribution in [2.24, 2.45) is 0 Å². The molecule has 6 nitrogen and oxygen atoms in total. The molecule has 1 aliphatic rings. The summed E-state index contributed by atoms with van der Waals surface area (Å²) in [7, 11) is 2.16. The molecule has 1 aliphatic heterocycles. The van der Waals surface area contributed by atoms with E-state index >= 15 is 0 Å². The zero-order valence-corrected chi connectivity index (χ0v) is 16.9. The summed E-state index contributed by atoms with van der Waals surface area (Å²) in [6, 6.07) is 8.26. The molecule has 27 heavy (non-hydrogen) atoms. The molecule has 1 saturated heterocycles. The fourth-order valence-electron chi connectivity index (χ4n) is 3.06. The van der Waals surface area contributed by atoms with Gasteiger partial charge >= 0.3 is 0 Å². The second kappa shape index (κ2) is 7.88. The zero-order chi connectivity index (χ0) is 18.8. The Balaban J connectivity index is 1.52. The molecule has 8 heteroatoms. The maximum Gasteiger partial charge on any atom is 0.192 e. The number of rotatable bonds is 4. The topological polar surface area (TPSA) is 66.8 Å². The van der Waals surface area contributed by atoms with E-state index in [2.05, 4.69) is 37.4 Å². The fraction of sp³-hybridized carbons (Fsp3) is 0.368. The van der Waals surface area contributed by atoms with Gasteiger partial charge in [-0.05, 0) is 57.6 Å². The number of aromatic nitrogens is 4. The Kier molecular flexibility index (Phi) is 5.33. The number of nitrogens with one attached hydrogen (secondary N) is 1. The van der Waals surface area contributed by atoms with Crippen molar-refractivity contribution in [3.63, 3.8) is 0 Å². The van der Waals surface area contributed by atoms with Gasteiger partial charge in [0.05, 0.1) is 0 Å². The van der Waals surface area contributed by atoms with E-state index < -0.39 is 0 Å². The summed E-state index contributed by atoms with van der Waals surface area (Å²) >= 11 is 7.70. The summed E-state index contributed by atoms with van der Waals surface area (Å²) in [6.45, 7) is 4.19. The lowest BCUT2D eigenvalue weighted by atomic mass is 10.1. The number of nitrogens with zero attached hydrogens (tertiary/aromatic N) is 5. The number of piperidine rings is 1. The summed E-state index contributed by atoms with van der Waals surface area (Å²) in [5, 5.41) is 14.3. The molecule has 0 bridgehead atoms. The van der Waals surface area contributed by atoms with Gasteiger partial charge in [0.15, 0.2) is 10.8 Å². The first-order valence-electron chi connectivity index (χ1n) is 8.97. The minimum atomic E-state index is 0.448. The lowest BCUT2D eigenvalue weighted by Crippen LogP contribution is -2.36. The smallest absolute Gasteiger partial charge is 0.192 e. The monoisotopic (exact) mass is 400 g/mol. The van der Waals surface area contributed by atoms with Gasteiger partial charge in [-0.1, -0.05) is 35.1 Å². The van der Waals surface area contributed by atoms with E-state index in [9.17, 15) is 0 Å². The normalized spacial score (nSPS) is 15.8. The van der Waals surface area contributed by atoms with Crippen molar-refractivity contribution in [3.8, 4) is 21.4 Å². The minimum Gasteiger partial charge on any atom is -0.367 e. The average molecular weight is 401 g/mol. The van der Waals surface area contributed by atoms with Gasteiger partial charge in [-0.2, -0.15) is 0 Å². The number of benzene rings is 1. The van der Waals surface area contributed by atoms with Gasteiger partial charge in [0, 0.05) is 22.8 Å². The van der Waals surface area contributed by atoms with Crippen molar-refractivity contribution in [3.05, 3.63) is 41.0 Å². The van der Waals surface area contributed by atoms with Crippen LogP contribution in [0.2, 0.25) is 5.02 Å². The van der Waals surface area contributed by atoms with Crippen LogP contribution in [0.1, 0.15) is 18.4 Å². The third-order valence-corrected chi connectivity index (χ3v) is 6.14. The highest BCUT2D eigenvalue weighted by Crippen LogP contribution is 2.31. The summed E-state index contributed by atoms with van der Waals surface area (Å²) in [5.41, 5.74) is 2.00. The molecule has 140 valence electrons. The predicted octanol–water partition coefficient (Wildman–Crippen LogP) is 4.13. The van der Waals surface area contributed by atoms with Gasteiger partial charge in [0.1, 0.15) is 10.8 Å². The Hall–Kier alpha value is -2.09. The molecule has 3 heterocycles. The fourth-order valence-corrected chi connectivity index (χ4v) is 4.02. The molecular weight excluding hydrogens is 380 g/mol. The van der Waals surface area contributed by atoms with Crippen LogP contribution < -0.4 is 5.32 Å². The van der Waals surface area contributed by atoms with Gasteiger partial charge < -0.3 is 10.2 Å². The first-order chi connectivity index (χ1) is 13.1. The second-order valence-electron chi connectivity index (χ2n) is 6.86. The van der Waals surface area contributed by atoms with E-state index in [-0.39, 0.29) is 0 Å². The molecule has 2 aromatic heterocycles. The van der Waals surface area contributed by atoms with Crippen LogP contribution in [0.4, 0.5) is 5.82 Å². The zero-order valence-electron chi connectivity index (χ0n) is 15.3. The van der Waals surface area contributed by atoms with Gasteiger partial charge in [0.25, 0.3) is 0 Å². The second-order valence-corrected chi connectivity index (χ2v) is 8.25. The molecule has 0 amide bonds. The number of likely N-dealkylation sites (tertiary alicyclic amines) is 1. The molecule has 1 aromatic carbocycles. The quantitative estimate of drug-likeness (QED) is 0.710. The average Bonchev–Trinajstić information content (AvgIpc) is 3.16. The van der Waals surface area contributed by atoms with Crippen LogP contribution >= 0.6 is 22.9 Å². The highest BCUT2D eigenvalue weighted by molar-refractivity contribution is 7.17. The molecule has 4 rings (SSSR count). The van der Waals surface area contributed by atoms with Gasteiger partial charge in [-0.15, -0.1) is 10.2 Å². The molecule has 0 radical (unpaired) electrons. The number of hydrogen-bond acceptors (Lipinski definition) is 7. The molecular formula is C19H21ClN6S. The maximum absolute atomic E-state index is 6.23. The van der Waals surface area contributed by atoms with E-state index in [0.29, 0.717) is 16.9 Å². The van der Waals surface area contributed by atoms with Crippen LogP contribution in [0.25, 0.3) is 21.4 Å². The lowest BCUT2D eigenvalue weighted by Gasteiger charge is -2.29. The Morgan fingerprint density at radius 1 is 1.15 bits per heavy atom. The summed E-state index contributed by atoms with van der Waals surface area (Å²) in [4.78, 5) is 11.4. The van der Waals surface area contributed by atoms with Crippen molar-refractivity contribution >= 4 is 28.8 Å². The third kappa shape index (κ3) is 4.26. The van der Waals surface area contributed by atoms with Crippen LogP contribution in [-0.2, 0) is 0 Å². The molecule has 0 aliphatic carbocycles. The van der Waals surface area contributed by atoms with Crippen molar-refractivity contribution in [2.45, 2.75) is 25.8 Å². The molecule has 0 spiro atoms. The minimum absolute atomic E-state index is 0.448. The van der Waals surface area contributed by atoms with Crippen LogP contribution in [0.5, 0.6) is 0 Å². The highest BCUT2D eigenvalue weighted by atomic mass is 35.5. The molecule has 3 aromatic rings. The summed E-state index contributed by atoms with van der Waals surface area (Å²) in [6.07, 6.45) is 4.00. The van der Waals surface area contributed by atoms with E-state index in [1.807, 2.05) is 31.2 Å². The van der Waals surface area contributed by atoms with Crippen LogP contribution in [0.3, 0.4) is 0 Å². The molecule has 1 fully saturated rings. The molecule has 0 saturated carbocycles. The summed E-state index contributed by atoms with van der Waals surface area (Å²) in [5.74, 6) is 1.43. The Morgan fingerprint density at radius 2 is 1.93 bits per heavy atom. The SMILES string of the molecule is Cc1ccc(-c2nnc(-c3nccc(NC4CCN(C)CC4)n3)s2)cc1Cl. The predicted molar refractivity (Wildman–Crippen MR) is 110 cm³/mol. The van der Waals surface area contributed by atoms with Crippen molar-refractivity contribution in [2.75, 3.05) is 25.5 Å². The maximum atomic E-state index is 6.23. The van der Waals surface area contributed by atoms with Crippen LogP contribution in [0, 0.1) is 6.92 Å². The van der Waals surface area contributed by atoms with E-state index in [1.54, 1.807) is 6.20 Å². The number of anilines is 1. The van der Waals surface area contributed by atoms with E-state index in [1.165, 1.54) is 11.3 Å². The van der Waals surface area contributed by atoms with Crippen LogP contribution in [0.15, 0.2) is 30.5 Å². The van der Waals surface area contributed by atoms with Crippen molar-refractivity contribution in [1.82, 2.24) is 25.1 Å². The largest absolute Gasteiger partial charge is 0.367 e. The van der Waals surface area contributed by atoms with E-state index in [0.717, 1.165) is 52.9 Å². The molecule has 0 atom stereocenters. The standard InChI is InChI=1S/C19H21ClN6S/c1-12-3-4-13(11-15(12)20)18-24-25-19(27-18)17-21-8-5-16(23-17)22-14-6-9-26(2)10-7-14/h3-5,8,11,14H,6-7,9-10H2,1-2H3,(H,21,22,23). The van der Waals surface area contributed by atoms with Gasteiger partial charge in [0.2, 0.25) is 0 Å². The van der Waals surface area contributed by atoms with E-state index in [4.69, 9.17) is 11.6 Å². The Labute approximate surface area is 167 Å². The molecule has 1 N–H and O–H groups in total. The Morgan fingerprint density at radius 3 is 2.70 bits per heavy atom. The number of hydrogen-bond donors (Lipinski definition) is 1.